The molecule has 1 rings (SSSR count). The van der Waals surface area contributed by atoms with Crippen molar-refractivity contribution in [1.82, 2.24) is 0 Å². The molecule has 3 unspecified atom stereocenters. The number of epoxide rings is 1. The van der Waals surface area contributed by atoms with Crippen LogP contribution >= 0.6 is 0 Å². The van der Waals surface area contributed by atoms with Gasteiger partial charge in [0, 0.05) is 6.42 Å². The molecule has 3 atom stereocenters. The zero-order chi connectivity index (χ0) is 16.9. The lowest BCUT2D eigenvalue weighted by molar-refractivity contribution is -0.140. The van der Waals surface area contributed by atoms with Gasteiger partial charge in [-0.2, -0.15) is 0 Å². The summed E-state index contributed by atoms with van der Waals surface area (Å²) in [6.07, 6.45) is 15.6. The van der Waals surface area contributed by atoms with Gasteiger partial charge in [-0.1, -0.05) is 64.0 Å². The summed E-state index contributed by atoms with van der Waals surface area (Å²) in [7, 11) is 1.43. The van der Waals surface area contributed by atoms with Crippen LogP contribution in [0.2, 0.25) is 0 Å². The Balaban J connectivity index is 1.92. The lowest BCUT2D eigenvalue weighted by Gasteiger charge is -2.05. The summed E-state index contributed by atoms with van der Waals surface area (Å²) in [4.78, 5) is 10.9. The molecule has 0 aromatic heterocycles. The van der Waals surface area contributed by atoms with Crippen LogP contribution < -0.4 is 0 Å². The molecule has 0 saturated carbocycles. The van der Waals surface area contributed by atoms with E-state index in [1.54, 1.807) is 0 Å². The van der Waals surface area contributed by atoms with Crippen molar-refractivity contribution in [2.75, 3.05) is 7.11 Å². The minimum Gasteiger partial charge on any atom is -0.469 e. The number of hydrogen-bond donors (Lipinski definition) is 1. The summed E-state index contributed by atoms with van der Waals surface area (Å²) < 4.78 is 10.2. The smallest absolute Gasteiger partial charge is 0.305 e. The number of unbranched alkanes of at least 4 members (excludes halogenated alkanes) is 6. The Morgan fingerprint density at radius 3 is 2.65 bits per heavy atom. The van der Waals surface area contributed by atoms with Crippen LogP contribution in [-0.2, 0) is 14.3 Å². The predicted molar refractivity (Wildman–Crippen MR) is 92.3 cm³/mol. The van der Waals surface area contributed by atoms with Crippen LogP contribution in [0.25, 0.3) is 0 Å². The zero-order valence-electron chi connectivity index (χ0n) is 14.8. The fraction of sp³-hybridized carbons (Fsp3) is 0.842. The fourth-order valence-electron chi connectivity index (χ4n) is 2.74. The molecule has 0 radical (unpaired) electrons. The molecular formula is C19H34O4. The molecule has 0 bridgehead atoms. The second kappa shape index (κ2) is 12.5. The number of hydrogen-bond acceptors (Lipinski definition) is 4. The van der Waals surface area contributed by atoms with Crippen molar-refractivity contribution in [3.8, 4) is 0 Å². The molecule has 0 aliphatic carbocycles. The topological polar surface area (TPSA) is 59.1 Å². The number of aliphatic hydroxyl groups is 1. The summed E-state index contributed by atoms with van der Waals surface area (Å²) in [5, 5.41) is 9.93. The lowest BCUT2D eigenvalue weighted by Crippen LogP contribution is -2.03. The lowest BCUT2D eigenvalue weighted by atomic mass is 10.1. The molecule has 134 valence electrons. The molecule has 0 aromatic rings. The van der Waals surface area contributed by atoms with Crippen LogP contribution in [0.3, 0.4) is 0 Å². The molecule has 1 aliphatic heterocycles. The third-order valence-electron chi connectivity index (χ3n) is 4.35. The maximum Gasteiger partial charge on any atom is 0.305 e. The monoisotopic (exact) mass is 326 g/mol. The molecule has 0 aromatic carbocycles. The standard InChI is InChI=1S/C19H34O4/c1-3-4-8-12-17-18(23-17)15-14-16(20)11-9-6-5-7-10-13-19(21)22-2/h14-18,20H,3-13H2,1-2H3/b15-14+. The van der Waals surface area contributed by atoms with Crippen LogP contribution in [0.15, 0.2) is 12.2 Å². The maximum absolute atomic E-state index is 10.9. The normalized spacial score (nSPS) is 21.5. The third kappa shape index (κ3) is 10.5. The molecule has 0 amide bonds. The first kappa shape index (κ1) is 20.2. The molecule has 1 N–H and O–H groups in total. The van der Waals surface area contributed by atoms with Gasteiger partial charge in [-0.3, -0.25) is 4.79 Å². The number of ether oxygens (including phenoxy) is 2. The molecule has 4 heteroatoms. The van der Waals surface area contributed by atoms with Crippen LogP contribution in [0.5, 0.6) is 0 Å². The average molecular weight is 326 g/mol. The van der Waals surface area contributed by atoms with Gasteiger partial charge in [-0.15, -0.1) is 0 Å². The van der Waals surface area contributed by atoms with E-state index < -0.39 is 0 Å². The first-order valence-corrected chi connectivity index (χ1v) is 9.26. The van der Waals surface area contributed by atoms with Gasteiger partial charge < -0.3 is 14.6 Å². The Labute approximate surface area is 141 Å². The number of carbonyl (C=O) groups is 1. The summed E-state index contributed by atoms with van der Waals surface area (Å²) >= 11 is 0. The van der Waals surface area contributed by atoms with Gasteiger partial charge in [-0.25, -0.2) is 0 Å². The van der Waals surface area contributed by atoms with Crippen molar-refractivity contribution in [2.45, 2.75) is 95.9 Å². The van der Waals surface area contributed by atoms with E-state index in [1.165, 1.54) is 26.4 Å². The summed E-state index contributed by atoms with van der Waals surface area (Å²) in [6.45, 7) is 2.21. The minimum atomic E-state index is -0.356. The number of aliphatic hydroxyl groups excluding tert-OH is 1. The molecule has 1 saturated heterocycles. The van der Waals surface area contributed by atoms with Gasteiger partial charge in [-0.05, 0) is 19.3 Å². The first-order chi connectivity index (χ1) is 11.2. The predicted octanol–water partition coefficient (Wildman–Crippen LogP) is 4.15. The van der Waals surface area contributed by atoms with E-state index in [2.05, 4.69) is 11.7 Å². The van der Waals surface area contributed by atoms with Gasteiger partial charge in [0.05, 0.1) is 19.3 Å². The van der Waals surface area contributed by atoms with Crippen molar-refractivity contribution in [3.63, 3.8) is 0 Å². The number of rotatable bonds is 14. The molecule has 1 fully saturated rings. The van der Waals surface area contributed by atoms with E-state index in [1.807, 2.05) is 12.2 Å². The number of esters is 1. The van der Waals surface area contributed by atoms with Crippen LogP contribution in [0.4, 0.5) is 0 Å². The van der Waals surface area contributed by atoms with Crippen LogP contribution in [0.1, 0.15) is 77.6 Å². The van der Waals surface area contributed by atoms with Crippen molar-refractivity contribution >= 4 is 5.97 Å². The number of methoxy groups -OCH3 is 1. The van der Waals surface area contributed by atoms with Gasteiger partial charge in [0.2, 0.25) is 0 Å². The van der Waals surface area contributed by atoms with E-state index in [0.717, 1.165) is 44.9 Å². The molecular weight excluding hydrogens is 292 g/mol. The summed E-state index contributed by atoms with van der Waals surface area (Å²) in [5.41, 5.74) is 0. The zero-order valence-corrected chi connectivity index (χ0v) is 14.8. The van der Waals surface area contributed by atoms with E-state index in [9.17, 15) is 9.90 Å². The van der Waals surface area contributed by atoms with Crippen molar-refractivity contribution in [2.24, 2.45) is 0 Å². The number of carbonyl (C=O) groups excluding carboxylic acids is 1. The second-order valence-corrected chi connectivity index (χ2v) is 6.47. The van der Waals surface area contributed by atoms with Gasteiger partial charge in [0.25, 0.3) is 0 Å². The molecule has 0 spiro atoms. The highest BCUT2D eigenvalue weighted by atomic mass is 16.6. The fourth-order valence-corrected chi connectivity index (χ4v) is 2.74. The maximum atomic E-state index is 10.9. The molecule has 1 heterocycles. The minimum absolute atomic E-state index is 0.124. The Bertz CT molecular complexity index is 340. The first-order valence-electron chi connectivity index (χ1n) is 9.26. The van der Waals surface area contributed by atoms with E-state index >= 15 is 0 Å². The molecule has 1 aliphatic rings. The largest absolute Gasteiger partial charge is 0.469 e. The quantitative estimate of drug-likeness (QED) is 0.225. The van der Waals surface area contributed by atoms with Crippen molar-refractivity contribution < 1.29 is 19.4 Å². The van der Waals surface area contributed by atoms with Crippen molar-refractivity contribution in [1.29, 1.82) is 0 Å². The van der Waals surface area contributed by atoms with Gasteiger partial charge in [0.1, 0.15) is 6.10 Å². The van der Waals surface area contributed by atoms with E-state index in [0.29, 0.717) is 12.5 Å². The van der Waals surface area contributed by atoms with Crippen molar-refractivity contribution in [3.05, 3.63) is 12.2 Å². The summed E-state index contributed by atoms with van der Waals surface area (Å²) in [5.74, 6) is -0.124. The second-order valence-electron chi connectivity index (χ2n) is 6.47. The van der Waals surface area contributed by atoms with E-state index in [-0.39, 0.29) is 18.2 Å². The Morgan fingerprint density at radius 1 is 1.17 bits per heavy atom. The van der Waals surface area contributed by atoms with Crippen LogP contribution in [0, 0.1) is 0 Å². The SMILES string of the molecule is CCCCCC1OC1/C=C/C(O)CCCCCCCC(=O)OC. The molecule has 23 heavy (non-hydrogen) atoms. The third-order valence-corrected chi connectivity index (χ3v) is 4.35. The van der Waals surface area contributed by atoms with Gasteiger partial charge in [0.15, 0.2) is 0 Å². The van der Waals surface area contributed by atoms with Crippen LogP contribution in [-0.4, -0.2) is 36.5 Å². The Kier molecular flexibility index (Phi) is 11.0. The summed E-state index contributed by atoms with van der Waals surface area (Å²) in [6, 6.07) is 0. The highest BCUT2D eigenvalue weighted by Crippen LogP contribution is 2.28. The average Bonchev–Trinajstić information content (AvgIpc) is 3.30. The molecule has 4 nitrogen and oxygen atoms in total. The van der Waals surface area contributed by atoms with E-state index in [4.69, 9.17) is 4.74 Å². The van der Waals surface area contributed by atoms with Gasteiger partial charge >= 0.3 is 5.97 Å². The highest BCUT2D eigenvalue weighted by Gasteiger charge is 2.35. The highest BCUT2D eigenvalue weighted by molar-refractivity contribution is 5.68. The Morgan fingerprint density at radius 2 is 1.91 bits per heavy atom. The Hall–Kier alpha value is -0.870.